The van der Waals surface area contributed by atoms with Gasteiger partial charge in [0.15, 0.2) is 0 Å². The lowest BCUT2D eigenvalue weighted by atomic mass is 10.2. The van der Waals surface area contributed by atoms with Crippen molar-refractivity contribution in [1.29, 1.82) is 0 Å². The molecule has 0 saturated carbocycles. The second kappa shape index (κ2) is 5.53. The molecule has 0 atom stereocenters. The number of hydrogen-bond acceptors (Lipinski definition) is 3. The second-order valence-electron chi connectivity index (χ2n) is 3.64. The van der Waals surface area contributed by atoms with E-state index < -0.39 is 0 Å². The van der Waals surface area contributed by atoms with Gasteiger partial charge in [-0.1, -0.05) is 24.4 Å². The van der Waals surface area contributed by atoms with Crippen LogP contribution < -0.4 is 5.32 Å². The number of halogens is 1. The molecule has 18 heavy (non-hydrogen) atoms. The summed E-state index contributed by atoms with van der Waals surface area (Å²) in [5.74, 6) is -0.0354. The molecule has 0 spiro atoms. The Morgan fingerprint density at radius 2 is 1.83 bits per heavy atom. The van der Waals surface area contributed by atoms with E-state index in [9.17, 15) is 10.2 Å². The van der Waals surface area contributed by atoms with Crippen molar-refractivity contribution < 1.29 is 10.2 Å². The number of thiocarbonyl (C=S) groups is 1. The van der Waals surface area contributed by atoms with Gasteiger partial charge in [-0.2, -0.15) is 0 Å². The van der Waals surface area contributed by atoms with Crippen LogP contribution in [0.4, 0.5) is 5.69 Å². The molecule has 0 unspecified atom stereocenters. The van der Waals surface area contributed by atoms with E-state index in [1.54, 1.807) is 6.07 Å². The Morgan fingerprint density at radius 3 is 2.50 bits per heavy atom. The van der Waals surface area contributed by atoms with Crippen molar-refractivity contribution in [3.63, 3.8) is 0 Å². The summed E-state index contributed by atoms with van der Waals surface area (Å²) in [6.45, 7) is 0. The van der Waals surface area contributed by atoms with Crippen LogP contribution >= 0.6 is 34.8 Å². The highest BCUT2D eigenvalue weighted by molar-refractivity contribution is 14.1. The minimum atomic E-state index is -0.0431. The number of nitrogens with one attached hydrogen (secondary N) is 1. The summed E-state index contributed by atoms with van der Waals surface area (Å²) in [4.78, 5) is 0.414. The van der Waals surface area contributed by atoms with Gasteiger partial charge in [-0.3, -0.25) is 0 Å². The quantitative estimate of drug-likeness (QED) is 0.559. The van der Waals surface area contributed by atoms with Crippen LogP contribution in [-0.2, 0) is 0 Å². The zero-order chi connectivity index (χ0) is 13.1. The molecule has 2 rings (SSSR count). The topological polar surface area (TPSA) is 52.5 Å². The number of phenols is 2. The number of hydrogen-bond donors (Lipinski definition) is 3. The smallest absolute Gasteiger partial charge is 0.129 e. The molecule has 92 valence electrons. The van der Waals surface area contributed by atoms with E-state index in [4.69, 9.17) is 12.2 Å². The zero-order valence-electron chi connectivity index (χ0n) is 9.22. The van der Waals surface area contributed by atoms with Gasteiger partial charge in [0.2, 0.25) is 0 Å². The molecule has 0 aliphatic rings. The van der Waals surface area contributed by atoms with Crippen LogP contribution in [0.2, 0.25) is 0 Å². The van der Waals surface area contributed by atoms with Crippen molar-refractivity contribution >= 4 is 45.5 Å². The van der Waals surface area contributed by atoms with Crippen LogP contribution in [0.25, 0.3) is 0 Å². The number of benzene rings is 2. The number of aromatic hydroxyl groups is 2. The Bertz CT molecular complexity index is 601. The third kappa shape index (κ3) is 2.91. The summed E-state index contributed by atoms with van der Waals surface area (Å²) in [5, 5.41) is 22.0. The number of rotatable bonds is 2. The molecule has 0 aromatic heterocycles. The molecule has 0 heterocycles. The van der Waals surface area contributed by atoms with Crippen molar-refractivity contribution in [1.82, 2.24) is 0 Å². The summed E-state index contributed by atoms with van der Waals surface area (Å²) in [7, 11) is 0. The van der Waals surface area contributed by atoms with Gasteiger partial charge in [0.1, 0.15) is 16.5 Å². The molecule has 5 heteroatoms. The van der Waals surface area contributed by atoms with E-state index >= 15 is 0 Å². The summed E-state index contributed by atoms with van der Waals surface area (Å²) < 4.78 is 1.04. The first-order chi connectivity index (χ1) is 8.58. The minimum absolute atomic E-state index is 0.00772. The molecule has 3 N–H and O–H groups in total. The van der Waals surface area contributed by atoms with Crippen molar-refractivity contribution in [2.45, 2.75) is 0 Å². The van der Waals surface area contributed by atoms with E-state index in [2.05, 4.69) is 27.9 Å². The molecule has 2 aromatic carbocycles. The molecular formula is C13H10INO2S. The molecule has 3 nitrogen and oxygen atoms in total. The third-order valence-corrected chi connectivity index (χ3v) is 3.61. The number of para-hydroxylation sites is 1. The molecular weight excluding hydrogens is 361 g/mol. The van der Waals surface area contributed by atoms with E-state index in [0.717, 1.165) is 9.26 Å². The fourth-order valence-corrected chi connectivity index (χ4v) is 2.27. The van der Waals surface area contributed by atoms with Crippen molar-refractivity contribution in [3.8, 4) is 11.5 Å². The van der Waals surface area contributed by atoms with Gasteiger partial charge in [-0.05, 0) is 46.9 Å². The average molecular weight is 371 g/mol. The van der Waals surface area contributed by atoms with E-state index in [1.807, 2.05) is 24.3 Å². The minimum Gasteiger partial charge on any atom is -0.508 e. The van der Waals surface area contributed by atoms with Crippen molar-refractivity contribution in [3.05, 3.63) is 51.6 Å². The third-order valence-electron chi connectivity index (χ3n) is 2.35. The predicted octanol–water partition coefficient (Wildman–Crippen LogP) is 3.49. The Morgan fingerprint density at radius 1 is 1.11 bits per heavy atom. The van der Waals surface area contributed by atoms with E-state index in [0.29, 0.717) is 10.6 Å². The van der Waals surface area contributed by atoms with Gasteiger partial charge >= 0.3 is 0 Å². The predicted molar refractivity (Wildman–Crippen MR) is 84.3 cm³/mol. The zero-order valence-corrected chi connectivity index (χ0v) is 12.2. The highest BCUT2D eigenvalue weighted by atomic mass is 127. The van der Waals surface area contributed by atoms with Crippen LogP contribution in [-0.4, -0.2) is 15.2 Å². The summed E-state index contributed by atoms with van der Waals surface area (Å²) in [6, 6.07) is 12.0. The highest BCUT2D eigenvalue weighted by Gasteiger charge is 2.09. The fraction of sp³-hybridized carbons (Fsp3) is 0. The molecule has 0 saturated heterocycles. The molecule has 0 aliphatic heterocycles. The normalized spacial score (nSPS) is 10.1. The first-order valence-corrected chi connectivity index (χ1v) is 6.64. The Kier molecular flexibility index (Phi) is 4.03. The lowest BCUT2D eigenvalue weighted by Gasteiger charge is -2.11. The first kappa shape index (κ1) is 13.1. The van der Waals surface area contributed by atoms with Gasteiger partial charge in [0.25, 0.3) is 0 Å². The lowest BCUT2D eigenvalue weighted by Crippen LogP contribution is -2.11. The van der Waals surface area contributed by atoms with Gasteiger partial charge in [0, 0.05) is 9.64 Å². The summed E-state index contributed by atoms with van der Waals surface area (Å²) in [5.41, 5.74) is 1.37. The molecule has 0 radical (unpaired) electrons. The maximum absolute atomic E-state index is 9.72. The Balaban J connectivity index is 2.25. The van der Waals surface area contributed by atoms with E-state index in [1.165, 1.54) is 12.1 Å². The van der Waals surface area contributed by atoms with Gasteiger partial charge in [-0.25, -0.2) is 0 Å². The lowest BCUT2D eigenvalue weighted by molar-refractivity contribution is 0.450. The first-order valence-electron chi connectivity index (χ1n) is 5.16. The summed E-state index contributed by atoms with van der Waals surface area (Å²) >= 11 is 7.44. The maximum Gasteiger partial charge on any atom is 0.129 e. The van der Waals surface area contributed by atoms with Crippen LogP contribution in [0.3, 0.4) is 0 Å². The standard InChI is InChI=1S/C13H10INO2S/c14-10-3-1-2-4-11(10)15-13(18)9-6-5-8(16)7-12(9)17/h1-7,16-17H,(H,15,18). The average Bonchev–Trinajstić information content (AvgIpc) is 2.32. The molecule has 0 amide bonds. The molecule has 0 fully saturated rings. The Labute approximate surface area is 124 Å². The molecule has 2 aromatic rings. The van der Waals surface area contributed by atoms with Crippen LogP contribution in [0.1, 0.15) is 5.56 Å². The Hall–Kier alpha value is -1.34. The highest BCUT2D eigenvalue weighted by Crippen LogP contribution is 2.25. The fourth-order valence-electron chi connectivity index (χ4n) is 1.46. The monoisotopic (exact) mass is 371 g/mol. The van der Waals surface area contributed by atoms with E-state index in [-0.39, 0.29) is 11.5 Å². The van der Waals surface area contributed by atoms with Crippen LogP contribution in [0.5, 0.6) is 11.5 Å². The van der Waals surface area contributed by atoms with Crippen molar-refractivity contribution in [2.24, 2.45) is 0 Å². The molecule has 0 bridgehead atoms. The van der Waals surface area contributed by atoms with Gasteiger partial charge in [-0.15, -0.1) is 0 Å². The van der Waals surface area contributed by atoms with Crippen LogP contribution in [0.15, 0.2) is 42.5 Å². The molecule has 0 aliphatic carbocycles. The van der Waals surface area contributed by atoms with Gasteiger partial charge in [0.05, 0.1) is 11.3 Å². The second-order valence-corrected chi connectivity index (χ2v) is 5.21. The number of phenolic OH excluding ortho intramolecular Hbond substituents is 2. The largest absolute Gasteiger partial charge is 0.508 e. The SMILES string of the molecule is Oc1ccc(C(=S)Nc2ccccc2I)c(O)c1. The van der Waals surface area contributed by atoms with Gasteiger partial charge < -0.3 is 15.5 Å². The maximum atomic E-state index is 9.72. The number of anilines is 1. The van der Waals surface area contributed by atoms with Crippen LogP contribution in [0, 0.1) is 3.57 Å². The summed E-state index contributed by atoms with van der Waals surface area (Å²) in [6.07, 6.45) is 0. The van der Waals surface area contributed by atoms with Crippen molar-refractivity contribution in [2.75, 3.05) is 5.32 Å².